The lowest BCUT2D eigenvalue weighted by atomic mass is 10.0. The van der Waals surface area contributed by atoms with Crippen LogP contribution in [0, 0.1) is 23.8 Å². The number of benzene rings is 4. The number of hydrogen-bond donors (Lipinski definition) is 4. The van der Waals surface area contributed by atoms with Crippen molar-refractivity contribution >= 4 is 44.7 Å². The number of rotatable bonds is 21. The molecule has 0 aliphatic carbocycles. The Hall–Kier alpha value is -6.74. The Morgan fingerprint density at radius 3 is 2.06 bits per heavy atom. The first kappa shape index (κ1) is 50.7. The van der Waals surface area contributed by atoms with Gasteiger partial charge in [0.2, 0.25) is 29.3 Å². The SMILES string of the molecule is COc1ccc(C[C@H](NC(=O)[C@H](C)NC(=O)[C@H](CCc2ccccc2)NC(=O)C[N+]2([O-])CCOCC2)C(=O)N[C@@H](Cc2ccccc2)CS(=O)(=O)Oc2c(F)cc3c(C)cc(=O)oc3c2F)cc1. The summed E-state index contributed by atoms with van der Waals surface area (Å²) in [6.45, 7) is 2.87. The van der Waals surface area contributed by atoms with Crippen LogP contribution in [0.3, 0.4) is 0 Å². The molecule has 1 aliphatic rings. The molecule has 362 valence electrons. The molecule has 1 aromatic heterocycles. The van der Waals surface area contributed by atoms with Crippen LogP contribution in [0.1, 0.15) is 35.6 Å². The number of methoxy groups -OCH3 is 1. The Bertz CT molecular complexity index is 2740. The van der Waals surface area contributed by atoms with Crippen molar-refractivity contribution in [1.82, 2.24) is 21.3 Å². The molecule has 20 heteroatoms. The number of morpholine rings is 1. The first-order valence-corrected chi connectivity index (χ1v) is 23.4. The van der Waals surface area contributed by atoms with E-state index in [1.807, 2.05) is 30.3 Å². The monoisotopic (exact) mass is 961 g/mol. The van der Waals surface area contributed by atoms with Crippen LogP contribution in [0.5, 0.6) is 11.5 Å². The Morgan fingerprint density at radius 2 is 1.41 bits per heavy atom. The van der Waals surface area contributed by atoms with Gasteiger partial charge in [0.15, 0.2) is 17.9 Å². The fourth-order valence-electron chi connectivity index (χ4n) is 7.64. The minimum absolute atomic E-state index is 0.0697. The summed E-state index contributed by atoms with van der Waals surface area (Å²) in [5.41, 5.74) is 0.486. The number of carbonyl (C=O) groups is 4. The summed E-state index contributed by atoms with van der Waals surface area (Å²) in [5.74, 6) is -7.88. The Morgan fingerprint density at radius 1 is 0.794 bits per heavy atom. The summed E-state index contributed by atoms with van der Waals surface area (Å²) < 4.78 is 77.8. The minimum atomic E-state index is -4.94. The molecule has 0 radical (unpaired) electrons. The molecule has 4 atom stereocenters. The van der Waals surface area contributed by atoms with Gasteiger partial charge in [-0.2, -0.15) is 12.8 Å². The molecular formula is C48H53F2N5O12S. The lowest BCUT2D eigenvalue weighted by molar-refractivity contribution is -0.880. The maximum Gasteiger partial charge on any atom is 0.336 e. The molecule has 0 bridgehead atoms. The van der Waals surface area contributed by atoms with Crippen LogP contribution in [0.15, 0.2) is 106 Å². The van der Waals surface area contributed by atoms with E-state index in [4.69, 9.17) is 18.1 Å². The summed E-state index contributed by atoms with van der Waals surface area (Å²) in [6, 6.07) is 20.8. The number of quaternary nitrogens is 1. The van der Waals surface area contributed by atoms with Gasteiger partial charge >= 0.3 is 15.7 Å². The number of amides is 4. The molecule has 1 saturated heterocycles. The van der Waals surface area contributed by atoms with E-state index >= 15 is 8.78 Å². The van der Waals surface area contributed by atoms with Crippen LogP contribution in [0.4, 0.5) is 8.78 Å². The van der Waals surface area contributed by atoms with Crippen LogP contribution in [0.25, 0.3) is 11.0 Å². The largest absolute Gasteiger partial charge is 0.632 e. The standard InChI is InChI=1S/C48H53F2N5O12S/c1-30-24-42(57)66-44-37(30)27-38(49)45(43(44)50)67-68(62,63)29-35(25-33-12-8-5-9-13-33)52-48(60)40(26-34-14-17-36(64-3)18-15-34)54-46(58)31(2)51-47(59)39(19-16-32-10-6-4-7-11-32)53-41(56)28-55(61)20-22-65-23-21-55/h4-15,17-18,24,27,31,35,39-40H,16,19-23,25-26,28-29H2,1-3H3,(H,51,59)(H,52,60)(H,53,56)(H,54,58)/t31-,35-,39-,40-/m0/s1. The third-order valence-corrected chi connectivity index (χ3v) is 12.5. The maximum absolute atomic E-state index is 15.6. The van der Waals surface area contributed by atoms with Gasteiger partial charge in [-0.1, -0.05) is 72.8 Å². The maximum atomic E-state index is 15.6. The average molecular weight is 962 g/mol. The quantitative estimate of drug-likeness (QED) is 0.0359. The number of nitrogens with zero attached hydrogens (tertiary/aromatic N) is 1. The third-order valence-electron chi connectivity index (χ3n) is 11.3. The molecule has 1 fully saturated rings. The zero-order chi connectivity index (χ0) is 49.0. The average Bonchev–Trinajstić information content (AvgIpc) is 3.30. The van der Waals surface area contributed by atoms with E-state index in [1.165, 1.54) is 21.0 Å². The molecule has 6 rings (SSSR count). The van der Waals surface area contributed by atoms with Crippen LogP contribution >= 0.6 is 0 Å². The van der Waals surface area contributed by atoms with Crippen LogP contribution in [-0.2, 0) is 53.3 Å². The van der Waals surface area contributed by atoms with Crippen LogP contribution < -0.4 is 35.8 Å². The van der Waals surface area contributed by atoms with Gasteiger partial charge in [0.1, 0.15) is 42.7 Å². The van der Waals surface area contributed by atoms with Gasteiger partial charge in [0.25, 0.3) is 5.91 Å². The number of ether oxygens (including phenoxy) is 2. The molecule has 17 nitrogen and oxygen atoms in total. The zero-order valence-electron chi connectivity index (χ0n) is 37.6. The first-order chi connectivity index (χ1) is 32.4. The molecule has 0 unspecified atom stereocenters. The molecule has 5 aromatic rings. The molecule has 4 amide bonds. The van der Waals surface area contributed by atoms with Crippen molar-refractivity contribution < 1.29 is 59.1 Å². The zero-order valence-corrected chi connectivity index (χ0v) is 38.4. The fourth-order valence-corrected chi connectivity index (χ4v) is 8.81. The van der Waals surface area contributed by atoms with E-state index in [0.29, 0.717) is 23.3 Å². The third kappa shape index (κ3) is 14.1. The summed E-state index contributed by atoms with van der Waals surface area (Å²) >= 11 is 0. The number of hydroxylamine groups is 3. The van der Waals surface area contributed by atoms with E-state index in [-0.39, 0.29) is 56.5 Å². The van der Waals surface area contributed by atoms with Crippen molar-refractivity contribution in [2.45, 2.75) is 63.7 Å². The Labute approximate surface area is 391 Å². The molecule has 1 aliphatic heterocycles. The van der Waals surface area contributed by atoms with Gasteiger partial charge in [-0.25, -0.2) is 9.18 Å². The highest BCUT2D eigenvalue weighted by molar-refractivity contribution is 7.87. The number of nitrogens with one attached hydrogen (secondary N) is 4. The van der Waals surface area contributed by atoms with Crippen molar-refractivity contribution in [1.29, 1.82) is 0 Å². The molecular weight excluding hydrogens is 909 g/mol. The summed E-state index contributed by atoms with van der Waals surface area (Å²) in [4.78, 5) is 67.3. The van der Waals surface area contributed by atoms with Gasteiger partial charge in [0.05, 0.1) is 26.4 Å². The second-order valence-electron chi connectivity index (χ2n) is 16.6. The van der Waals surface area contributed by atoms with Gasteiger partial charge < -0.3 is 49.2 Å². The highest BCUT2D eigenvalue weighted by Gasteiger charge is 2.33. The van der Waals surface area contributed by atoms with Gasteiger partial charge in [-0.3, -0.25) is 19.2 Å². The second-order valence-corrected chi connectivity index (χ2v) is 18.2. The smallest absolute Gasteiger partial charge is 0.336 e. The fraction of sp³-hybridized carbons (Fsp3) is 0.354. The Balaban J connectivity index is 1.21. The number of halogens is 2. The minimum Gasteiger partial charge on any atom is -0.632 e. The first-order valence-electron chi connectivity index (χ1n) is 21.8. The lowest BCUT2D eigenvalue weighted by Gasteiger charge is -2.44. The number of fused-ring (bicyclic) bond motifs is 1. The van der Waals surface area contributed by atoms with E-state index in [9.17, 15) is 37.6 Å². The van der Waals surface area contributed by atoms with E-state index in [2.05, 4.69) is 21.3 Å². The number of hydrogen-bond acceptors (Lipinski definition) is 12. The van der Waals surface area contributed by atoms with Crippen molar-refractivity contribution in [3.63, 3.8) is 0 Å². The van der Waals surface area contributed by atoms with Gasteiger partial charge in [-0.05, 0) is 73.6 Å². The lowest BCUT2D eigenvalue weighted by Crippen LogP contribution is -2.59. The van der Waals surface area contributed by atoms with E-state index in [1.54, 1.807) is 54.6 Å². The van der Waals surface area contributed by atoms with Gasteiger partial charge in [-0.15, -0.1) is 0 Å². The van der Waals surface area contributed by atoms with Crippen molar-refractivity contribution in [3.8, 4) is 11.5 Å². The molecule has 2 heterocycles. The highest BCUT2D eigenvalue weighted by Crippen LogP contribution is 2.32. The number of carbonyl (C=O) groups excluding carboxylic acids is 4. The molecule has 68 heavy (non-hydrogen) atoms. The summed E-state index contributed by atoms with van der Waals surface area (Å²) in [6.07, 6.45) is 0.214. The van der Waals surface area contributed by atoms with E-state index in [0.717, 1.165) is 17.7 Å². The Kier molecular flexibility index (Phi) is 17.0. The normalized spacial score (nSPS) is 15.3. The summed E-state index contributed by atoms with van der Waals surface area (Å²) in [5, 5.41) is 23.6. The molecule has 4 N–H and O–H groups in total. The van der Waals surface area contributed by atoms with Crippen LogP contribution in [0.2, 0.25) is 0 Å². The van der Waals surface area contributed by atoms with E-state index < -0.39 is 103 Å². The highest BCUT2D eigenvalue weighted by atomic mass is 32.2. The van der Waals surface area contributed by atoms with Crippen LogP contribution in [-0.4, -0.2) is 107 Å². The van der Waals surface area contributed by atoms with Crippen molar-refractivity contribution in [2.24, 2.45) is 0 Å². The predicted octanol–water partition coefficient (Wildman–Crippen LogP) is 3.52. The molecule has 4 aromatic carbocycles. The topological polar surface area (TPSA) is 231 Å². The second kappa shape index (κ2) is 22.8. The summed E-state index contributed by atoms with van der Waals surface area (Å²) in [7, 11) is -3.48. The molecule has 0 saturated carbocycles. The van der Waals surface area contributed by atoms with Gasteiger partial charge in [0, 0.05) is 17.9 Å². The van der Waals surface area contributed by atoms with Crippen molar-refractivity contribution in [3.05, 3.63) is 147 Å². The number of aryl methyl sites for hydroxylation is 2. The predicted molar refractivity (Wildman–Crippen MR) is 246 cm³/mol. The molecule has 0 spiro atoms. The van der Waals surface area contributed by atoms with Crippen molar-refractivity contribution in [2.75, 3.05) is 45.7 Å².